The Morgan fingerprint density at radius 3 is 2.67 bits per heavy atom. The molecule has 0 aromatic rings. The van der Waals surface area contributed by atoms with Crippen LogP contribution in [0.5, 0.6) is 0 Å². The number of rotatable bonds is 0. The third-order valence-corrected chi connectivity index (χ3v) is 2.15. The standard InChI is InChI=1S/C5H8S/c1-6-4-2-3-5-6/h2,4-5H,3H2,1H3. The highest BCUT2D eigenvalue weighted by Crippen LogP contribution is 2.13. The van der Waals surface area contributed by atoms with Crippen LogP contribution in [-0.2, 0) is 0 Å². The molecular weight excluding hydrogens is 92.1 g/mol. The second-order valence-corrected chi connectivity index (χ2v) is 3.20. The first kappa shape index (κ1) is 4.13. The highest BCUT2D eigenvalue weighted by Gasteiger charge is 1.82. The van der Waals surface area contributed by atoms with E-state index in [2.05, 4.69) is 23.1 Å². The first-order valence-corrected chi connectivity index (χ1v) is 3.79. The van der Waals surface area contributed by atoms with Crippen LogP contribution < -0.4 is 0 Å². The monoisotopic (exact) mass is 100 g/mol. The summed E-state index contributed by atoms with van der Waals surface area (Å²) in [6.07, 6.45) is 5.63. The van der Waals surface area contributed by atoms with Gasteiger partial charge in [-0.1, -0.05) is 11.4 Å². The molecule has 1 rings (SSSR count). The third kappa shape index (κ3) is 0.716. The lowest BCUT2D eigenvalue weighted by Gasteiger charge is -1.76. The van der Waals surface area contributed by atoms with Crippen LogP contribution in [0.1, 0.15) is 6.42 Å². The summed E-state index contributed by atoms with van der Waals surface area (Å²) in [5, 5.41) is 4.57. The maximum atomic E-state index is 2.32. The van der Waals surface area contributed by atoms with Crippen LogP contribution in [0.3, 0.4) is 0 Å². The van der Waals surface area contributed by atoms with Crippen molar-refractivity contribution >= 4 is 15.9 Å². The minimum absolute atomic E-state index is 0.522. The van der Waals surface area contributed by atoms with Crippen molar-refractivity contribution in [2.75, 3.05) is 6.26 Å². The van der Waals surface area contributed by atoms with Gasteiger partial charge >= 0.3 is 0 Å². The van der Waals surface area contributed by atoms with Gasteiger partial charge in [-0.25, -0.2) is 0 Å². The fourth-order valence-electron chi connectivity index (χ4n) is 0.470. The maximum absolute atomic E-state index is 2.32. The Kier molecular flexibility index (Phi) is 1.10. The van der Waals surface area contributed by atoms with Crippen molar-refractivity contribution in [2.24, 2.45) is 0 Å². The second-order valence-electron chi connectivity index (χ2n) is 1.38. The molecule has 1 unspecified atom stereocenters. The van der Waals surface area contributed by atoms with E-state index in [0.29, 0.717) is 10.5 Å². The van der Waals surface area contributed by atoms with Gasteiger partial charge in [-0.05, 0) is 18.1 Å². The predicted molar refractivity (Wildman–Crippen MR) is 33.3 cm³/mol. The molecule has 0 aliphatic carbocycles. The van der Waals surface area contributed by atoms with Crippen LogP contribution in [0.15, 0.2) is 11.5 Å². The summed E-state index contributed by atoms with van der Waals surface area (Å²) < 4.78 is 0. The molecule has 0 N–H and O–H groups in total. The zero-order valence-corrected chi connectivity index (χ0v) is 4.66. The highest BCUT2D eigenvalue weighted by molar-refractivity contribution is 8.17. The van der Waals surface area contributed by atoms with Crippen LogP contribution >= 0.6 is 10.5 Å². The van der Waals surface area contributed by atoms with Gasteiger partial charge in [-0.15, -0.1) is 0 Å². The van der Waals surface area contributed by atoms with E-state index in [1.165, 1.54) is 6.42 Å². The molecule has 0 saturated heterocycles. The minimum atomic E-state index is 0.522. The highest BCUT2D eigenvalue weighted by atomic mass is 32.2. The molecule has 0 aromatic carbocycles. The fraction of sp³-hybridized carbons (Fsp3) is 0.400. The molecule has 6 heavy (non-hydrogen) atoms. The normalized spacial score (nSPS) is 30.5. The van der Waals surface area contributed by atoms with E-state index in [1.807, 2.05) is 0 Å². The SMILES string of the molecule is CS1=CCC=C1. The van der Waals surface area contributed by atoms with Gasteiger partial charge in [0.2, 0.25) is 0 Å². The zero-order valence-electron chi connectivity index (χ0n) is 3.85. The Balaban J connectivity index is 2.68. The molecule has 1 aliphatic rings. The second kappa shape index (κ2) is 1.61. The molecule has 0 bridgehead atoms. The van der Waals surface area contributed by atoms with Crippen molar-refractivity contribution in [1.82, 2.24) is 0 Å². The molecule has 1 heteroatoms. The summed E-state index contributed by atoms with van der Waals surface area (Å²) in [4.78, 5) is 0. The van der Waals surface area contributed by atoms with Crippen LogP contribution in [0.4, 0.5) is 0 Å². The van der Waals surface area contributed by atoms with Gasteiger partial charge in [0.1, 0.15) is 0 Å². The van der Waals surface area contributed by atoms with Crippen molar-refractivity contribution < 1.29 is 0 Å². The van der Waals surface area contributed by atoms with Gasteiger partial charge < -0.3 is 0 Å². The van der Waals surface area contributed by atoms with Gasteiger partial charge in [0, 0.05) is 0 Å². The molecule has 0 spiro atoms. The van der Waals surface area contributed by atoms with Crippen LogP contribution in [0.2, 0.25) is 0 Å². The summed E-state index contributed by atoms with van der Waals surface area (Å²) >= 11 is 0. The summed E-state index contributed by atoms with van der Waals surface area (Å²) in [6.45, 7) is 0. The van der Waals surface area contributed by atoms with E-state index in [9.17, 15) is 0 Å². The molecule has 1 heterocycles. The van der Waals surface area contributed by atoms with Crippen LogP contribution in [0.25, 0.3) is 0 Å². The molecule has 0 nitrogen and oxygen atoms in total. The lowest BCUT2D eigenvalue weighted by Crippen LogP contribution is -1.55. The Labute approximate surface area is 40.8 Å². The van der Waals surface area contributed by atoms with Crippen molar-refractivity contribution in [1.29, 1.82) is 0 Å². The van der Waals surface area contributed by atoms with E-state index in [1.54, 1.807) is 0 Å². The van der Waals surface area contributed by atoms with Gasteiger partial charge in [0.05, 0.1) is 0 Å². The summed E-state index contributed by atoms with van der Waals surface area (Å²) in [5.74, 6) is 0. The summed E-state index contributed by atoms with van der Waals surface area (Å²) in [7, 11) is 0.522. The van der Waals surface area contributed by atoms with E-state index in [0.717, 1.165) is 0 Å². The lowest BCUT2D eigenvalue weighted by atomic mass is 10.5. The summed E-state index contributed by atoms with van der Waals surface area (Å²) in [5.41, 5.74) is 0. The Morgan fingerprint density at radius 2 is 2.50 bits per heavy atom. The topological polar surface area (TPSA) is 0 Å². The van der Waals surface area contributed by atoms with Crippen LogP contribution in [-0.4, -0.2) is 11.6 Å². The zero-order chi connectivity index (χ0) is 4.41. The molecule has 0 radical (unpaired) electrons. The first-order valence-electron chi connectivity index (χ1n) is 2.03. The molecule has 1 aliphatic heterocycles. The third-order valence-electron chi connectivity index (χ3n) is 0.806. The fourth-order valence-corrected chi connectivity index (χ4v) is 1.41. The number of hydrogen-bond donors (Lipinski definition) is 0. The Bertz CT molecular complexity index is 97.8. The van der Waals surface area contributed by atoms with Crippen LogP contribution in [0, 0.1) is 0 Å². The summed E-state index contributed by atoms with van der Waals surface area (Å²) in [6, 6.07) is 0. The van der Waals surface area contributed by atoms with E-state index in [-0.39, 0.29) is 0 Å². The first-order chi connectivity index (χ1) is 2.89. The smallest absolute Gasteiger partial charge is 0.0103 e. The molecule has 0 amide bonds. The molecular formula is C5H8S. The average Bonchev–Trinajstić information content (AvgIpc) is 1.86. The maximum Gasteiger partial charge on any atom is -0.0103 e. The van der Waals surface area contributed by atoms with Crippen molar-refractivity contribution in [2.45, 2.75) is 6.42 Å². The van der Waals surface area contributed by atoms with Gasteiger partial charge in [-0.2, -0.15) is 10.5 Å². The molecule has 0 fully saturated rings. The number of hydrogen-bond acceptors (Lipinski definition) is 0. The molecule has 0 saturated carbocycles. The Morgan fingerprint density at radius 1 is 1.67 bits per heavy atom. The largest absolute Gasteiger partial charge is 0.169 e. The van der Waals surface area contributed by atoms with Gasteiger partial charge in [0.25, 0.3) is 0 Å². The predicted octanol–water partition coefficient (Wildman–Crippen LogP) is 1.60. The van der Waals surface area contributed by atoms with E-state index in [4.69, 9.17) is 0 Å². The number of allylic oxidation sites excluding steroid dienone is 1. The molecule has 34 valence electrons. The average molecular weight is 100 g/mol. The van der Waals surface area contributed by atoms with Crippen molar-refractivity contribution in [3.63, 3.8) is 0 Å². The van der Waals surface area contributed by atoms with E-state index < -0.39 is 0 Å². The lowest BCUT2D eigenvalue weighted by molar-refractivity contribution is 1.60. The molecule has 0 aromatic heterocycles. The molecule has 1 atom stereocenters. The van der Waals surface area contributed by atoms with E-state index >= 15 is 0 Å². The minimum Gasteiger partial charge on any atom is -0.169 e. The van der Waals surface area contributed by atoms with Crippen molar-refractivity contribution in [3.8, 4) is 0 Å². The quantitative estimate of drug-likeness (QED) is 0.406. The van der Waals surface area contributed by atoms with Gasteiger partial charge in [0.15, 0.2) is 0 Å². The Hall–Kier alpha value is -0.0400. The van der Waals surface area contributed by atoms with Gasteiger partial charge in [-0.3, -0.25) is 0 Å². The van der Waals surface area contributed by atoms with Crippen molar-refractivity contribution in [3.05, 3.63) is 11.5 Å².